The van der Waals surface area contributed by atoms with Gasteiger partial charge in [-0.3, -0.25) is 0 Å². The van der Waals surface area contributed by atoms with Crippen LogP contribution in [0, 0.1) is 0 Å². The molecule has 0 N–H and O–H groups in total. The molecule has 1 saturated heterocycles. The zero-order valence-electron chi connectivity index (χ0n) is 16.7. The number of anilines is 1. The molecule has 0 atom stereocenters. The summed E-state index contributed by atoms with van der Waals surface area (Å²) in [5.41, 5.74) is 0.989. The molecule has 1 aliphatic rings. The highest BCUT2D eigenvalue weighted by Gasteiger charge is 2.30. The third kappa shape index (κ3) is 5.17. The monoisotopic (exact) mass is 484 g/mol. The predicted octanol–water partition coefficient (Wildman–Crippen LogP) is 3.43. The van der Waals surface area contributed by atoms with Gasteiger partial charge >= 0.3 is 12.6 Å². The van der Waals surface area contributed by atoms with E-state index in [9.17, 15) is 17.2 Å². The van der Waals surface area contributed by atoms with Crippen molar-refractivity contribution in [3.63, 3.8) is 0 Å². The molecule has 12 heteroatoms. The summed E-state index contributed by atoms with van der Waals surface area (Å²) in [4.78, 5) is 6.24. The van der Waals surface area contributed by atoms with Crippen LogP contribution < -0.4 is 9.64 Å². The summed E-state index contributed by atoms with van der Waals surface area (Å²) in [7, 11) is -3.77. The fourth-order valence-corrected chi connectivity index (χ4v) is 4.84. The number of ether oxygens (including phenoxy) is 1. The average molecular weight is 485 g/mol. The molecule has 1 aromatic heterocycles. The lowest BCUT2D eigenvalue weighted by atomic mass is 10.1. The standard InChI is InChI=1S/C20H19ClF2N4O4S/c21-15-3-1-14(2-4-15)13-18-24-20(31-25-18)26-9-11-27(12-10-26)32(28,29)17-7-5-16(6-8-17)30-19(22)23/h1-8,19H,9-13H2. The van der Waals surface area contributed by atoms with E-state index in [1.165, 1.54) is 28.6 Å². The van der Waals surface area contributed by atoms with Crippen LogP contribution in [-0.4, -0.2) is 55.7 Å². The van der Waals surface area contributed by atoms with Gasteiger partial charge in [0, 0.05) is 37.6 Å². The highest BCUT2D eigenvalue weighted by molar-refractivity contribution is 7.89. The first kappa shape index (κ1) is 22.4. The van der Waals surface area contributed by atoms with Crippen LogP contribution in [0.25, 0.3) is 0 Å². The second kappa shape index (κ2) is 9.39. The van der Waals surface area contributed by atoms with Crippen LogP contribution >= 0.6 is 11.6 Å². The van der Waals surface area contributed by atoms with Gasteiger partial charge in [0.25, 0.3) is 0 Å². The van der Waals surface area contributed by atoms with E-state index < -0.39 is 16.6 Å². The summed E-state index contributed by atoms with van der Waals surface area (Å²) < 4.78 is 61.2. The zero-order valence-corrected chi connectivity index (χ0v) is 18.3. The van der Waals surface area contributed by atoms with Gasteiger partial charge in [-0.2, -0.15) is 18.1 Å². The second-order valence-electron chi connectivity index (χ2n) is 7.04. The fraction of sp³-hybridized carbons (Fsp3) is 0.300. The summed E-state index contributed by atoms with van der Waals surface area (Å²) in [6, 6.07) is 12.6. The molecule has 0 amide bonds. The lowest BCUT2D eigenvalue weighted by Gasteiger charge is -2.32. The maximum atomic E-state index is 12.9. The van der Waals surface area contributed by atoms with Crippen LogP contribution in [0.15, 0.2) is 57.9 Å². The molecule has 0 spiro atoms. The number of sulfonamides is 1. The van der Waals surface area contributed by atoms with E-state index >= 15 is 0 Å². The first-order chi connectivity index (χ1) is 15.3. The minimum Gasteiger partial charge on any atom is -0.435 e. The third-order valence-corrected chi connectivity index (χ3v) is 7.09. The van der Waals surface area contributed by atoms with Crippen molar-refractivity contribution in [1.82, 2.24) is 14.4 Å². The van der Waals surface area contributed by atoms with Gasteiger partial charge in [0.1, 0.15) is 5.75 Å². The lowest BCUT2D eigenvalue weighted by molar-refractivity contribution is -0.0498. The minimum absolute atomic E-state index is 0.00982. The topological polar surface area (TPSA) is 88.8 Å². The average Bonchev–Trinajstić information content (AvgIpc) is 3.24. The van der Waals surface area contributed by atoms with Crippen molar-refractivity contribution in [2.45, 2.75) is 17.9 Å². The fourth-order valence-electron chi connectivity index (χ4n) is 3.29. The number of rotatable bonds is 7. The summed E-state index contributed by atoms with van der Waals surface area (Å²) in [6.07, 6.45) is 0.486. The van der Waals surface area contributed by atoms with Crippen molar-refractivity contribution >= 4 is 27.6 Å². The Morgan fingerprint density at radius 1 is 1.03 bits per heavy atom. The predicted molar refractivity (Wildman–Crippen MR) is 113 cm³/mol. The van der Waals surface area contributed by atoms with E-state index in [0.717, 1.165) is 5.56 Å². The Morgan fingerprint density at radius 3 is 2.31 bits per heavy atom. The Morgan fingerprint density at radius 2 is 1.69 bits per heavy atom. The second-order valence-corrected chi connectivity index (χ2v) is 9.41. The minimum atomic E-state index is -3.77. The Labute approximate surface area is 188 Å². The van der Waals surface area contributed by atoms with Crippen molar-refractivity contribution in [2.75, 3.05) is 31.1 Å². The van der Waals surface area contributed by atoms with Gasteiger partial charge < -0.3 is 14.2 Å². The van der Waals surface area contributed by atoms with Crippen LogP contribution in [0.5, 0.6) is 5.75 Å². The van der Waals surface area contributed by atoms with Gasteiger partial charge in [-0.25, -0.2) is 8.42 Å². The molecule has 2 heterocycles. The first-order valence-corrected chi connectivity index (χ1v) is 11.5. The maximum absolute atomic E-state index is 12.9. The Kier molecular flexibility index (Phi) is 6.58. The summed E-state index contributed by atoms with van der Waals surface area (Å²) in [5.74, 6) is 0.415. The molecule has 0 saturated carbocycles. The Balaban J connectivity index is 1.36. The summed E-state index contributed by atoms with van der Waals surface area (Å²) >= 11 is 5.89. The number of halogens is 3. The first-order valence-electron chi connectivity index (χ1n) is 9.68. The van der Waals surface area contributed by atoms with E-state index in [1.54, 1.807) is 12.1 Å². The SMILES string of the molecule is O=S(=O)(c1ccc(OC(F)F)cc1)N1CCN(c2nc(Cc3ccc(Cl)cc3)no2)CC1. The molecule has 32 heavy (non-hydrogen) atoms. The van der Waals surface area contributed by atoms with Crippen molar-refractivity contribution < 1.29 is 26.5 Å². The molecule has 1 fully saturated rings. The van der Waals surface area contributed by atoms with Crippen molar-refractivity contribution in [2.24, 2.45) is 0 Å². The van der Waals surface area contributed by atoms with E-state index in [4.69, 9.17) is 16.1 Å². The highest BCUT2D eigenvalue weighted by Crippen LogP contribution is 2.23. The van der Waals surface area contributed by atoms with Gasteiger partial charge in [0.15, 0.2) is 5.82 Å². The molecule has 1 aliphatic heterocycles. The molecule has 0 radical (unpaired) electrons. The smallest absolute Gasteiger partial charge is 0.387 e. The van der Waals surface area contributed by atoms with Crippen molar-refractivity contribution in [3.8, 4) is 5.75 Å². The molecule has 0 aliphatic carbocycles. The number of aromatic nitrogens is 2. The quantitative estimate of drug-likeness (QED) is 0.507. The van der Waals surface area contributed by atoms with Crippen LogP contribution in [0.4, 0.5) is 14.8 Å². The number of hydrogen-bond donors (Lipinski definition) is 0. The van der Waals surface area contributed by atoms with Crippen molar-refractivity contribution in [1.29, 1.82) is 0 Å². The van der Waals surface area contributed by atoms with E-state index in [1.807, 2.05) is 17.0 Å². The van der Waals surface area contributed by atoms with Crippen LogP contribution in [-0.2, 0) is 16.4 Å². The van der Waals surface area contributed by atoms with E-state index in [2.05, 4.69) is 14.9 Å². The number of benzene rings is 2. The molecule has 4 rings (SSSR count). The Bertz CT molecular complexity index is 1150. The van der Waals surface area contributed by atoms with Crippen LogP contribution in [0.2, 0.25) is 5.02 Å². The van der Waals surface area contributed by atoms with Crippen LogP contribution in [0.3, 0.4) is 0 Å². The van der Waals surface area contributed by atoms with Crippen LogP contribution in [0.1, 0.15) is 11.4 Å². The lowest BCUT2D eigenvalue weighted by Crippen LogP contribution is -2.48. The molecule has 3 aromatic rings. The molecule has 170 valence electrons. The number of nitrogens with zero attached hydrogens (tertiary/aromatic N) is 4. The molecule has 2 aromatic carbocycles. The molecule has 0 bridgehead atoms. The summed E-state index contributed by atoms with van der Waals surface area (Å²) in [6.45, 7) is -1.80. The molecule has 8 nitrogen and oxygen atoms in total. The molecular weight excluding hydrogens is 466 g/mol. The van der Waals surface area contributed by atoms with Crippen molar-refractivity contribution in [3.05, 3.63) is 64.9 Å². The summed E-state index contributed by atoms with van der Waals surface area (Å²) in [5, 5.41) is 4.64. The van der Waals surface area contributed by atoms with Gasteiger partial charge in [-0.1, -0.05) is 28.9 Å². The van der Waals surface area contributed by atoms with Gasteiger partial charge in [0.2, 0.25) is 10.0 Å². The number of piperazine rings is 1. The number of hydrogen-bond acceptors (Lipinski definition) is 7. The van der Waals surface area contributed by atoms with Gasteiger partial charge in [0.05, 0.1) is 4.90 Å². The Hall–Kier alpha value is -2.76. The van der Waals surface area contributed by atoms with Gasteiger partial charge in [-0.05, 0) is 42.0 Å². The maximum Gasteiger partial charge on any atom is 0.387 e. The molecule has 0 unspecified atom stereocenters. The zero-order chi connectivity index (χ0) is 22.7. The third-order valence-electron chi connectivity index (χ3n) is 4.93. The van der Waals surface area contributed by atoms with Gasteiger partial charge in [-0.15, -0.1) is 0 Å². The molecular formula is C20H19ClF2N4O4S. The largest absolute Gasteiger partial charge is 0.435 e. The normalized spacial score (nSPS) is 15.3. The van der Waals surface area contributed by atoms with E-state index in [-0.39, 0.29) is 23.7 Å². The highest BCUT2D eigenvalue weighted by atomic mass is 35.5. The number of alkyl halides is 2. The van der Waals surface area contributed by atoms with E-state index in [0.29, 0.717) is 36.4 Å².